The molecule has 0 saturated carbocycles. The Morgan fingerprint density at radius 1 is 1.59 bits per heavy atom. The Labute approximate surface area is 104 Å². The molecule has 0 aromatic carbocycles. The Balaban J connectivity index is 1.95. The standard InChI is InChI=1S/C11H13N3O2S/c1-8(15)17-10-4-11(16)14(7-10)6-9-5-12-2-3-13-9/h2-3,5,10H,4,6-7H2,1H3. The molecule has 1 atom stereocenters. The summed E-state index contributed by atoms with van der Waals surface area (Å²) >= 11 is 1.24. The molecule has 1 aromatic rings. The number of amides is 1. The number of thioether (sulfide) groups is 1. The van der Waals surface area contributed by atoms with Crippen LogP contribution >= 0.6 is 11.8 Å². The molecule has 0 aliphatic carbocycles. The van der Waals surface area contributed by atoms with Crippen molar-refractivity contribution in [1.29, 1.82) is 0 Å². The molecule has 1 aliphatic heterocycles. The number of likely N-dealkylation sites (tertiary alicyclic amines) is 1. The molecule has 0 spiro atoms. The first kappa shape index (κ1) is 12.0. The minimum Gasteiger partial charge on any atom is -0.336 e. The predicted molar refractivity (Wildman–Crippen MR) is 64.1 cm³/mol. The summed E-state index contributed by atoms with van der Waals surface area (Å²) in [7, 11) is 0. The Kier molecular flexibility index (Phi) is 3.73. The van der Waals surface area contributed by atoms with Crippen LogP contribution in [0.3, 0.4) is 0 Å². The van der Waals surface area contributed by atoms with Gasteiger partial charge in [0.15, 0.2) is 5.12 Å². The van der Waals surface area contributed by atoms with Gasteiger partial charge in [0.2, 0.25) is 5.91 Å². The van der Waals surface area contributed by atoms with Gasteiger partial charge in [-0.15, -0.1) is 0 Å². The van der Waals surface area contributed by atoms with Gasteiger partial charge in [0.05, 0.1) is 18.4 Å². The van der Waals surface area contributed by atoms with E-state index in [0.29, 0.717) is 19.5 Å². The van der Waals surface area contributed by atoms with Crippen LogP contribution in [-0.4, -0.2) is 37.7 Å². The van der Waals surface area contributed by atoms with Gasteiger partial charge in [-0.25, -0.2) is 0 Å². The molecule has 6 heteroatoms. The number of carbonyl (C=O) groups excluding carboxylic acids is 2. The zero-order valence-corrected chi connectivity index (χ0v) is 10.3. The number of nitrogens with zero attached hydrogens (tertiary/aromatic N) is 3. The third kappa shape index (κ3) is 3.26. The van der Waals surface area contributed by atoms with Crippen LogP contribution in [0.4, 0.5) is 0 Å². The van der Waals surface area contributed by atoms with Gasteiger partial charge in [-0.1, -0.05) is 11.8 Å². The highest BCUT2D eigenvalue weighted by molar-refractivity contribution is 8.14. The molecule has 0 bridgehead atoms. The molecule has 0 radical (unpaired) electrons. The zero-order chi connectivity index (χ0) is 12.3. The molecule has 1 amide bonds. The molecule has 1 saturated heterocycles. The summed E-state index contributed by atoms with van der Waals surface area (Å²) in [6, 6.07) is 0. The first-order chi connectivity index (χ1) is 8.15. The van der Waals surface area contributed by atoms with Crippen molar-refractivity contribution in [3.63, 3.8) is 0 Å². The van der Waals surface area contributed by atoms with E-state index in [1.807, 2.05) is 0 Å². The van der Waals surface area contributed by atoms with Crippen molar-refractivity contribution in [1.82, 2.24) is 14.9 Å². The van der Waals surface area contributed by atoms with Gasteiger partial charge in [-0.05, 0) is 0 Å². The smallest absolute Gasteiger partial charge is 0.224 e. The van der Waals surface area contributed by atoms with Crippen molar-refractivity contribution in [3.8, 4) is 0 Å². The van der Waals surface area contributed by atoms with Gasteiger partial charge >= 0.3 is 0 Å². The molecular formula is C11H13N3O2S. The monoisotopic (exact) mass is 251 g/mol. The minimum absolute atomic E-state index is 0.0594. The second-order valence-corrected chi connectivity index (χ2v) is 5.38. The van der Waals surface area contributed by atoms with Crippen LogP contribution in [0.15, 0.2) is 18.6 Å². The van der Waals surface area contributed by atoms with E-state index < -0.39 is 0 Å². The van der Waals surface area contributed by atoms with Crippen LogP contribution in [0, 0.1) is 0 Å². The van der Waals surface area contributed by atoms with Gasteiger partial charge in [0, 0.05) is 37.5 Å². The topological polar surface area (TPSA) is 63.2 Å². The summed E-state index contributed by atoms with van der Waals surface area (Å²) < 4.78 is 0. The Morgan fingerprint density at radius 2 is 2.41 bits per heavy atom. The van der Waals surface area contributed by atoms with Crippen molar-refractivity contribution in [2.75, 3.05) is 6.54 Å². The molecule has 5 nitrogen and oxygen atoms in total. The average molecular weight is 251 g/mol. The van der Waals surface area contributed by atoms with Gasteiger partial charge in [0.25, 0.3) is 0 Å². The summed E-state index contributed by atoms with van der Waals surface area (Å²) in [4.78, 5) is 32.5. The van der Waals surface area contributed by atoms with Crippen molar-refractivity contribution < 1.29 is 9.59 Å². The first-order valence-electron chi connectivity index (χ1n) is 5.35. The second-order valence-electron chi connectivity index (χ2n) is 3.91. The maximum Gasteiger partial charge on any atom is 0.224 e. The highest BCUT2D eigenvalue weighted by Crippen LogP contribution is 2.24. The largest absolute Gasteiger partial charge is 0.336 e. The van der Waals surface area contributed by atoms with Crippen molar-refractivity contribution in [2.24, 2.45) is 0 Å². The van der Waals surface area contributed by atoms with Gasteiger partial charge in [-0.3, -0.25) is 19.6 Å². The van der Waals surface area contributed by atoms with Gasteiger partial charge < -0.3 is 4.90 Å². The normalized spacial score (nSPS) is 19.7. The van der Waals surface area contributed by atoms with Crippen molar-refractivity contribution in [3.05, 3.63) is 24.3 Å². The lowest BCUT2D eigenvalue weighted by Gasteiger charge is -2.15. The Hall–Kier alpha value is -1.43. The first-order valence-corrected chi connectivity index (χ1v) is 6.23. The lowest BCUT2D eigenvalue weighted by molar-refractivity contribution is -0.128. The second kappa shape index (κ2) is 5.27. The molecule has 1 fully saturated rings. The van der Waals surface area contributed by atoms with Crippen LogP contribution in [0.2, 0.25) is 0 Å². The van der Waals surface area contributed by atoms with Crippen LogP contribution < -0.4 is 0 Å². The molecule has 1 unspecified atom stereocenters. The van der Waals surface area contributed by atoms with E-state index in [-0.39, 0.29) is 16.3 Å². The predicted octanol–water partition coefficient (Wildman–Crippen LogP) is 0.857. The summed E-state index contributed by atoms with van der Waals surface area (Å²) in [5, 5.41) is 0.140. The lowest BCUT2D eigenvalue weighted by atomic mass is 10.4. The lowest BCUT2D eigenvalue weighted by Crippen LogP contribution is -2.25. The van der Waals surface area contributed by atoms with Crippen molar-refractivity contribution in [2.45, 2.75) is 25.1 Å². The fourth-order valence-corrected chi connectivity index (χ4v) is 2.76. The fraction of sp³-hybridized carbons (Fsp3) is 0.455. The van der Waals surface area contributed by atoms with Crippen LogP contribution in [-0.2, 0) is 16.1 Å². The third-order valence-electron chi connectivity index (χ3n) is 2.48. The highest BCUT2D eigenvalue weighted by atomic mass is 32.2. The molecule has 17 heavy (non-hydrogen) atoms. The summed E-state index contributed by atoms with van der Waals surface area (Å²) in [6.07, 6.45) is 5.30. The average Bonchev–Trinajstić information content (AvgIpc) is 2.59. The minimum atomic E-state index is 0.0594. The zero-order valence-electron chi connectivity index (χ0n) is 9.50. The van der Waals surface area contributed by atoms with Crippen molar-refractivity contribution >= 4 is 22.8 Å². The quantitative estimate of drug-likeness (QED) is 0.797. The maximum absolute atomic E-state index is 11.7. The van der Waals surface area contributed by atoms with E-state index >= 15 is 0 Å². The van der Waals surface area contributed by atoms with Gasteiger partial charge in [-0.2, -0.15) is 0 Å². The maximum atomic E-state index is 11.7. The van der Waals surface area contributed by atoms with Crippen LogP contribution in [0.1, 0.15) is 19.0 Å². The Bertz CT molecular complexity index is 424. The SMILES string of the molecule is CC(=O)SC1CC(=O)N(Cc2cnccn2)C1. The highest BCUT2D eigenvalue weighted by Gasteiger charge is 2.30. The number of hydrogen-bond acceptors (Lipinski definition) is 5. The van der Waals surface area contributed by atoms with E-state index in [1.165, 1.54) is 18.7 Å². The molecule has 0 N–H and O–H groups in total. The van der Waals surface area contributed by atoms with E-state index in [9.17, 15) is 9.59 Å². The number of carbonyl (C=O) groups is 2. The molecule has 90 valence electrons. The number of hydrogen-bond donors (Lipinski definition) is 0. The summed E-state index contributed by atoms with van der Waals surface area (Å²) in [6.45, 7) is 2.61. The summed E-state index contributed by atoms with van der Waals surface area (Å²) in [5.41, 5.74) is 0.773. The molecular weight excluding hydrogens is 238 g/mol. The van der Waals surface area contributed by atoms with E-state index in [1.54, 1.807) is 23.5 Å². The Morgan fingerprint density at radius 3 is 3.06 bits per heavy atom. The van der Waals surface area contributed by atoms with E-state index in [0.717, 1.165) is 5.69 Å². The molecule has 2 rings (SSSR count). The molecule has 1 aliphatic rings. The van der Waals surface area contributed by atoms with E-state index in [2.05, 4.69) is 9.97 Å². The van der Waals surface area contributed by atoms with Crippen LogP contribution in [0.25, 0.3) is 0 Å². The molecule has 1 aromatic heterocycles. The van der Waals surface area contributed by atoms with E-state index in [4.69, 9.17) is 0 Å². The van der Waals surface area contributed by atoms with Crippen LogP contribution in [0.5, 0.6) is 0 Å². The summed E-state index contributed by atoms with van der Waals surface area (Å²) in [5.74, 6) is 0.0782. The molecule has 2 heterocycles. The fourth-order valence-electron chi connectivity index (χ4n) is 1.81. The number of rotatable bonds is 3. The van der Waals surface area contributed by atoms with Gasteiger partial charge in [0.1, 0.15) is 0 Å². The number of aromatic nitrogens is 2. The third-order valence-corrected chi connectivity index (χ3v) is 3.46.